The first-order valence-electron chi connectivity index (χ1n) is 5.21. The topological polar surface area (TPSA) is 47.6 Å². The molecule has 0 rings (SSSR count). The van der Waals surface area contributed by atoms with Crippen molar-refractivity contribution in [1.82, 2.24) is 5.32 Å². The number of carbonyl (C=O) groups excluding carboxylic acids is 1. The normalized spacial score (nSPS) is 12.4. The molecular formula is C11H20FNO3. The van der Waals surface area contributed by atoms with Crippen LogP contribution in [0, 0.1) is 0 Å². The van der Waals surface area contributed by atoms with Crippen LogP contribution >= 0.6 is 0 Å². The van der Waals surface area contributed by atoms with Crippen LogP contribution in [-0.2, 0) is 9.47 Å². The van der Waals surface area contributed by atoms with Crippen LogP contribution in [0.2, 0.25) is 0 Å². The summed E-state index contributed by atoms with van der Waals surface area (Å²) in [7, 11) is 0. The molecular weight excluding hydrogens is 213 g/mol. The third kappa shape index (κ3) is 8.23. The van der Waals surface area contributed by atoms with E-state index in [2.05, 4.69) is 5.32 Å². The predicted octanol–water partition coefficient (Wildman–Crippen LogP) is 2.40. The zero-order valence-corrected chi connectivity index (χ0v) is 10.3. The average molecular weight is 233 g/mol. The lowest BCUT2D eigenvalue weighted by atomic mass is 10.2. The first-order chi connectivity index (χ1) is 7.39. The lowest BCUT2D eigenvalue weighted by Gasteiger charge is -2.19. The van der Waals surface area contributed by atoms with Gasteiger partial charge in [0, 0.05) is 18.7 Å². The maximum atomic E-state index is 12.3. The van der Waals surface area contributed by atoms with Crippen molar-refractivity contribution in [3.63, 3.8) is 0 Å². The van der Waals surface area contributed by atoms with Crippen LogP contribution in [0.4, 0.5) is 9.18 Å². The monoisotopic (exact) mass is 233 g/mol. The summed E-state index contributed by atoms with van der Waals surface area (Å²) in [6.45, 7) is 7.87. The number of alkyl carbamates (subject to hydrolysis) is 1. The number of hydrogen-bond acceptors (Lipinski definition) is 3. The van der Waals surface area contributed by atoms with Crippen molar-refractivity contribution in [2.75, 3.05) is 19.8 Å². The Morgan fingerprint density at radius 3 is 2.50 bits per heavy atom. The molecule has 0 unspecified atom stereocenters. The van der Waals surface area contributed by atoms with Crippen LogP contribution in [0.25, 0.3) is 0 Å². The number of carbonyl (C=O) groups is 1. The number of amides is 1. The van der Waals surface area contributed by atoms with E-state index in [0.717, 1.165) is 0 Å². The number of nitrogens with one attached hydrogen (secondary N) is 1. The van der Waals surface area contributed by atoms with Gasteiger partial charge >= 0.3 is 6.09 Å². The molecule has 0 saturated heterocycles. The van der Waals surface area contributed by atoms with E-state index in [0.29, 0.717) is 18.5 Å². The van der Waals surface area contributed by atoms with Gasteiger partial charge in [-0.2, -0.15) is 0 Å². The molecule has 0 aromatic carbocycles. The molecule has 1 N–H and O–H groups in total. The third-order valence-electron chi connectivity index (χ3n) is 1.50. The molecule has 0 bridgehead atoms. The molecule has 0 heterocycles. The van der Waals surface area contributed by atoms with Crippen LogP contribution in [-0.4, -0.2) is 31.5 Å². The lowest BCUT2D eigenvalue weighted by molar-refractivity contribution is 0.0530. The highest BCUT2D eigenvalue weighted by atomic mass is 19.1. The zero-order chi connectivity index (χ0) is 12.6. The van der Waals surface area contributed by atoms with Gasteiger partial charge in [0.15, 0.2) is 0 Å². The van der Waals surface area contributed by atoms with E-state index in [9.17, 15) is 9.18 Å². The van der Waals surface area contributed by atoms with Gasteiger partial charge in [0.25, 0.3) is 0 Å². The van der Waals surface area contributed by atoms with E-state index in [4.69, 9.17) is 9.47 Å². The van der Waals surface area contributed by atoms with Gasteiger partial charge < -0.3 is 14.8 Å². The molecule has 0 fully saturated rings. The van der Waals surface area contributed by atoms with Gasteiger partial charge in [-0.25, -0.2) is 9.18 Å². The summed E-state index contributed by atoms with van der Waals surface area (Å²) >= 11 is 0. The number of rotatable bonds is 5. The highest BCUT2D eigenvalue weighted by Crippen LogP contribution is 2.06. The molecule has 0 radical (unpaired) electrons. The molecule has 0 aromatic heterocycles. The van der Waals surface area contributed by atoms with Gasteiger partial charge in [0.1, 0.15) is 5.60 Å². The zero-order valence-electron chi connectivity index (χ0n) is 10.3. The third-order valence-corrected chi connectivity index (χ3v) is 1.50. The molecule has 94 valence electrons. The Kier molecular flexibility index (Phi) is 6.72. The molecule has 0 aromatic rings. The Labute approximate surface area is 95.8 Å². The Hall–Kier alpha value is -1.10. The van der Waals surface area contributed by atoms with Crippen molar-refractivity contribution in [3.05, 3.63) is 11.9 Å². The maximum Gasteiger partial charge on any atom is 0.407 e. The lowest BCUT2D eigenvalue weighted by Crippen LogP contribution is -2.34. The van der Waals surface area contributed by atoms with E-state index in [1.54, 1.807) is 20.8 Å². The minimum absolute atomic E-state index is 0.0887. The number of ether oxygens (including phenoxy) is 2. The fourth-order valence-electron chi connectivity index (χ4n) is 0.854. The van der Waals surface area contributed by atoms with Crippen LogP contribution < -0.4 is 5.32 Å². The Balaban J connectivity index is 3.90. The quantitative estimate of drug-likeness (QED) is 0.793. The molecule has 0 atom stereocenters. The van der Waals surface area contributed by atoms with E-state index >= 15 is 0 Å². The van der Waals surface area contributed by atoms with Gasteiger partial charge in [-0.1, -0.05) is 0 Å². The van der Waals surface area contributed by atoms with E-state index in [1.165, 1.54) is 0 Å². The first kappa shape index (κ1) is 14.9. The molecule has 0 aliphatic rings. The second-order valence-corrected chi connectivity index (χ2v) is 4.26. The van der Waals surface area contributed by atoms with Gasteiger partial charge in [-0.05, 0) is 27.7 Å². The summed E-state index contributed by atoms with van der Waals surface area (Å²) in [6.07, 6.45) is -0.129. The molecule has 0 aliphatic heterocycles. The van der Waals surface area contributed by atoms with Crippen molar-refractivity contribution in [1.29, 1.82) is 0 Å². The van der Waals surface area contributed by atoms with Crippen molar-refractivity contribution < 1.29 is 18.7 Å². The smallest absolute Gasteiger partial charge is 0.407 e. The number of hydrogen-bond donors (Lipinski definition) is 1. The highest BCUT2D eigenvalue weighted by Gasteiger charge is 2.15. The molecule has 0 saturated carbocycles. The molecule has 0 aliphatic carbocycles. The van der Waals surface area contributed by atoms with Crippen molar-refractivity contribution in [3.8, 4) is 0 Å². The Bertz CT molecular complexity index is 246. The molecule has 1 amide bonds. The molecule has 5 heteroatoms. The second kappa shape index (κ2) is 7.22. The Morgan fingerprint density at radius 1 is 1.44 bits per heavy atom. The maximum absolute atomic E-state index is 12.3. The van der Waals surface area contributed by atoms with Crippen molar-refractivity contribution >= 4 is 6.09 Å². The van der Waals surface area contributed by atoms with E-state index in [1.807, 2.05) is 6.92 Å². The molecule has 16 heavy (non-hydrogen) atoms. The van der Waals surface area contributed by atoms with Gasteiger partial charge in [-0.3, -0.25) is 0 Å². The van der Waals surface area contributed by atoms with E-state index < -0.39 is 11.7 Å². The van der Waals surface area contributed by atoms with Crippen LogP contribution in [0.3, 0.4) is 0 Å². The number of halogens is 1. The Morgan fingerprint density at radius 2 is 2.06 bits per heavy atom. The minimum Gasteiger partial charge on any atom is -0.444 e. The highest BCUT2D eigenvalue weighted by molar-refractivity contribution is 5.68. The first-order valence-corrected chi connectivity index (χ1v) is 5.21. The van der Waals surface area contributed by atoms with Crippen LogP contribution in [0.5, 0.6) is 0 Å². The summed E-state index contributed by atoms with van der Waals surface area (Å²) in [6, 6.07) is 0. The summed E-state index contributed by atoms with van der Waals surface area (Å²) in [5.74, 6) is 0. The largest absolute Gasteiger partial charge is 0.444 e. The molecule has 4 nitrogen and oxygen atoms in total. The second-order valence-electron chi connectivity index (χ2n) is 4.26. The fraction of sp³-hybridized carbons (Fsp3) is 0.727. The van der Waals surface area contributed by atoms with Crippen LogP contribution in [0.1, 0.15) is 27.7 Å². The summed E-state index contributed by atoms with van der Waals surface area (Å²) < 4.78 is 22.4. The SMILES string of the molecule is CCOC/C(=C\F)CNC(=O)OC(C)(C)C. The minimum atomic E-state index is -0.566. The van der Waals surface area contributed by atoms with E-state index in [-0.39, 0.29) is 13.2 Å². The average Bonchev–Trinajstić information content (AvgIpc) is 2.15. The summed E-state index contributed by atoms with van der Waals surface area (Å²) in [5.41, 5.74) is -0.184. The molecule has 0 spiro atoms. The summed E-state index contributed by atoms with van der Waals surface area (Å²) in [5, 5.41) is 2.45. The summed E-state index contributed by atoms with van der Waals surface area (Å²) in [4.78, 5) is 11.2. The predicted molar refractivity (Wildman–Crippen MR) is 59.9 cm³/mol. The van der Waals surface area contributed by atoms with Gasteiger partial charge in [0.2, 0.25) is 0 Å². The fourth-order valence-corrected chi connectivity index (χ4v) is 0.854. The van der Waals surface area contributed by atoms with Crippen LogP contribution in [0.15, 0.2) is 11.9 Å². The standard InChI is InChI=1S/C11H20FNO3/c1-5-15-8-9(6-12)7-13-10(14)16-11(2,3)4/h6H,5,7-8H2,1-4H3,(H,13,14)/b9-6-. The van der Waals surface area contributed by atoms with Gasteiger partial charge in [0.05, 0.1) is 12.9 Å². The van der Waals surface area contributed by atoms with Gasteiger partial charge in [-0.15, -0.1) is 0 Å². The van der Waals surface area contributed by atoms with Crippen molar-refractivity contribution in [2.24, 2.45) is 0 Å². The van der Waals surface area contributed by atoms with Crippen molar-refractivity contribution in [2.45, 2.75) is 33.3 Å².